The highest BCUT2D eigenvalue weighted by atomic mass is 35.5. The van der Waals surface area contributed by atoms with Crippen LogP contribution in [0.1, 0.15) is 5.56 Å². The van der Waals surface area contributed by atoms with E-state index in [4.69, 9.17) is 11.6 Å². The highest BCUT2D eigenvalue weighted by Gasteiger charge is 2.35. The van der Waals surface area contributed by atoms with Crippen molar-refractivity contribution in [2.45, 2.75) is 18.7 Å². The van der Waals surface area contributed by atoms with E-state index >= 15 is 0 Å². The topological polar surface area (TPSA) is 78.4 Å². The van der Waals surface area contributed by atoms with Crippen molar-refractivity contribution in [3.05, 3.63) is 34.9 Å². The Morgan fingerprint density at radius 1 is 1.30 bits per heavy atom. The van der Waals surface area contributed by atoms with Crippen molar-refractivity contribution >= 4 is 21.4 Å². The summed E-state index contributed by atoms with van der Waals surface area (Å²) in [4.78, 5) is 0. The van der Waals surface area contributed by atoms with Crippen LogP contribution < -0.4 is 10.6 Å². The molecule has 0 aliphatic carbocycles. The first-order chi connectivity index (χ1) is 9.46. The number of aliphatic hydroxyl groups is 1. The SMILES string of the molecule is O=S1(=O)C[C@H](NCCNCc2cccc(Cl)c2)[C@@H](O)C1. The van der Waals surface area contributed by atoms with E-state index in [1.54, 1.807) is 0 Å². The molecule has 0 unspecified atom stereocenters. The maximum Gasteiger partial charge on any atom is 0.154 e. The molecule has 0 saturated carbocycles. The standard InChI is InChI=1S/C13H19ClN2O3S/c14-11-3-1-2-10(6-11)7-15-4-5-16-12-8-20(18,19)9-13(12)17/h1-3,6,12-13,15-17H,4-5,7-9H2/t12-,13-/m0/s1. The van der Waals surface area contributed by atoms with Crippen LogP contribution in [0.25, 0.3) is 0 Å². The third kappa shape index (κ3) is 4.71. The minimum absolute atomic E-state index is 0.0163. The van der Waals surface area contributed by atoms with Crippen molar-refractivity contribution in [2.24, 2.45) is 0 Å². The molecular formula is C13H19ClN2O3S. The molecule has 0 aromatic heterocycles. The lowest BCUT2D eigenvalue weighted by atomic mass is 10.2. The lowest BCUT2D eigenvalue weighted by Crippen LogP contribution is -2.42. The summed E-state index contributed by atoms with van der Waals surface area (Å²) < 4.78 is 22.7. The number of hydrogen-bond donors (Lipinski definition) is 3. The lowest BCUT2D eigenvalue weighted by molar-refractivity contribution is 0.166. The molecule has 2 atom stereocenters. The van der Waals surface area contributed by atoms with Gasteiger partial charge in [-0.15, -0.1) is 0 Å². The molecular weight excluding hydrogens is 300 g/mol. The summed E-state index contributed by atoms with van der Waals surface area (Å²) in [5, 5.41) is 16.6. The summed E-state index contributed by atoms with van der Waals surface area (Å²) in [6.07, 6.45) is -0.798. The van der Waals surface area contributed by atoms with Crippen molar-refractivity contribution in [3.63, 3.8) is 0 Å². The maximum absolute atomic E-state index is 11.3. The molecule has 20 heavy (non-hydrogen) atoms. The van der Waals surface area contributed by atoms with Crippen molar-refractivity contribution in [1.82, 2.24) is 10.6 Å². The summed E-state index contributed by atoms with van der Waals surface area (Å²) in [6.45, 7) is 2.00. The summed E-state index contributed by atoms with van der Waals surface area (Å²) in [7, 11) is -3.08. The number of sulfone groups is 1. The van der Waals surface area contributed by atoms with Gasteiger partial charge in [-0.25, -0.2) is 8.42 Å². The number of halogens is 1. The first-order valence-electron chi connectivity index (χ1n) is 6.53. The Kier molecular flexibility index (Phi) is 5.40. The van der Waals surface area contributed by atoms with Crippen LogP contribution in [0.2, 0.25) is 5.02 Å². The van der Waals surface area contributed by atoms with Gasteiger partial charge in [0.05, 0.1) is 17.6 Å². The average Bonchev–Trinajstić information content (AvgIpc) is 2.62. The molecule has 1 saturated heterocycles. The number of nitrogens with one attached hydrogen (secondary N) is 2. The van der Waals surface area contributed by atoms with Crippen LogP contribution in [-0.2, 0) is 16.4 Å². The predicted octanol–water partition coefficient (Wildman–Crippen LogP) is 0.177. The van der Waals surface area contributed by atoms with Crippen molar-refractivity contribution in [2.75, 3.05) is 24.6 Å². The third-order valence-electron chi connectivity index (χ3n) is 3.25. The molecule has 0 amide bonds. The van der Waals surface area contributed by atoms with Crippen LogP contribution in [0.4, 0.5) is 0 Å². The summed E-state index contributed by atoms with van der Waals surface area (Å²) in [5.74, 6) is -0.122. The summed E-state index contributed by atoms with van der Waals surface area (Å²) in [5.41, 5.74) is 1.10. The summed E-state index contributed by atoms with van der Waals surface area (Å²) >= 11 is 5.89. The first-order valence-corrected chi connectivity index (χ1v) is 8.73. The van der Waals surface area contributed by atoms with Gasteiger partial charge in [-0.3, -0.25) is 0 Å². The molecule has 1 aromatic rings. The predicted molar refractivity (Wildman–Crippen MR) is 79.6 cm³/mol. The molecule has 1 fully saturated rings. The number of rotatable bonds is 6. The van der Waals surface area contributed by atoms with E-state index < -0.39 is 15.9 Å². The van der Waals surface area contributed by atoms with Crippen LogP contribution in [0.15, 0.2) is 24.3 Å². The smallest absolute Gasteiger partial charge is 0.154 e. The lowest BCUT2D eigenvalue weighted by Gasteiger charge is -2.15. The zero-order valence-electron chi connectivity index (χ0n) is 11.0. The molecule has 3 N–H and O–H groups in total. The van der Waals surface area contributed by atoms with Crippen molar-refractivity contribution < 1.29 is 13.5 Å². The second kappa shape index (κ2) is 6.87. The Bertz CT molecular complexity index is 550. The van der Waals surface area contributed by atoms with Crippen LogP contribution in [0.5, 0.6) is 0 Å². The van der Waals surface area contributed by atoms with E-state index in [9.17, 15) is 13.5 Å². The zero-order valence-corrected chi connectivity index (χ0v) is 12.6. The van der Waals surface area contributed by atoms with Gasteiger partial charge in [0.15, 0.2) is 9.84 Å². The van der Waals surface area contributed by atoms with E-state index in [0.717, 1.165) is 5.56 Å². The third-order valence-corrected chi connectivity index (χ3v) is 5.20. The van der Waals surface area contributed by atoms with E-state index in [2.05, 4.69) is 10.6 Å². The van der Waals surface area contributed by atoms with E-state index in [0.29, 0.717) is 24.7 Å². The fourth-order valence-corrected chi connectivity index (χ4v) is 4.24. The van der Waals surface area contributed by atoms with Gasteiger partial charge >= 0.3 is 0 Å². The average molecular weight is 319 g/mol. The van der Waals surface area contributed by atoms with Gasteiger partial charge in [0.25, 0.3) is 0 Å². The minimum Gasteiger partial charge on any atom is -0.390 e. The Balaban J connectivity index is 1.65. The minimum atomic E-state index is -3.08. The zero-order chi connectivity index (χ0) is 14.6. The number of aliphatic hydroxyl groups excluding tert-OH is 1. The maximum atomic E-state index is 11.3. The van der Waals surface area contributed by atoms with E-state index in [1.807, 2.05) is 24.3 Å². The van der Waals surface area contributed by atoms with Gasteiger partial charge in [-0.1, -0.05) is 23.7 Å². The second-order valence-corrected chi connectivity index (χ2v) is 7.60. The van der Waals surface area contributed by atoms with Gasteiger partial charge in [-0.05, 0) is 17.7 Å². The number of hydrogen-bond acceptors (Lipinski definition) is 5. The molecule has 0 spiro atoms. The van der Waals surface area contributed by atoms with Gasteiger partial charge in [0, 0.05) is 30.7 Å². The fraction of sp³-hybridized carbons (Fsp3) is 0.538. The van der Waals surface area contributed by atoms with Crippen molar-refractivity contribution in [1.29, 1.82) is 0 Å². The second-order valence-electron chi connectivity index (χ2n) is 5.01. The summed E-state index contributed by atoms with van der Waals surface area (Å²) in [6, 6.07) is 7.26. The molecule has 0 radical (unpaired) electrons. The quantitative estimate of drug-likeness (QED) is 0.652. The van der Waals surface area contributed by atoms with Gasteiger partial charge in [0.1, 0.15) is 0 Å². The molecule has 2 rings (SSSR count). The van der Waals surface area contributed by atoms with Crippen LogP contribution in [0, 0.1) is 0 Å². The van der Waals surface area contributed by atoms with E-state index in [-0.39, 0.29) is 17.5 Å². The molecule has 1 aliphatic rings. The van der Waals surface area contributed by atoms with Gasteiger partial charge in [0.2, 0.25) is 0 Å². The fourth-order valence-electron chi connectivity index (χ4n) is 2.25. The number of benzene rings is 1. The molecule has 5 nitrogen and oxygen atoms in total. The normalized spacial score (nSPS) is 24.9. The molecule has 1 aromatic carbocycles. The van der Waals surface area contributed by atoms with Crippen LogP contribution in [-0.4, -0.2) is 50.3 Å². The molecule has 7 heteroatoms. The Labute approximate surface area is 124 Å². The first kappa shape index (κ1) is 15.7. The monoisotopic (exact) mass is 318 g/mol. The highest BCUT2D eigenvalue weighted by Crippen LogP contribution is 2.12. The molecule has 1 aliphatic heterocycles. The van der Waals surface area contributed by atoms with Gasteiger partial charge in [-0.2, -0.15) is 0 Å². The van der Waals surface area contributed by atoms with Crippen molar-refractivity contribution in [3.8, 4) is 0 Å². The van der Waals surface area contributed by atoms with Crippen LogP contribution in [0.3, 0.4) is 0 Å². The Morgan fingerprint density at radius 3 is 2.75 bits per heavy atom. The Hall–Kier alpha value is -0.660. The van der Waals surface area contributed by atoms with Crippen LogP contribution >= 0.6 is 11.6 Å². The molecule has 112 valence electrons. The highest BCUT2D eigenvalue weighted by molar-refractivity contribution is 7.91. The molecule has 1 heterocycles. The Morgan fingerprint density at radius 2 is 2.10 bits per heavy atom. The van der Waals surface area contributed by atoms with Gasteiger partial charge < -0.3 is 15.7 Å². The molecule has 0 bridgehead atoms. The van der Waals surface area contributed by atoms with E-state index in [1.165, 1.54) is 0 Å². The largest absolute Gasteiger partial charge is 0.390 e.